The molecule has 86 valence electrons. The van der Waals surface area contributed by atoms with Gasteiger partial charge < -0.3 is 10.7 Å². The lowest BCUT2D eigenvalue weighted by molar-refractivity contribution is 0.402. The summed E-state index contributed by atoms with van der Waals surface area (Å²) >= 11 is 5.94. The number of hydrogen-bond acceptors (Lipinski definition) is 2. The quantitative estimate of drug-likeness (QED) is 0.747. The van der Waals surface area contributed by atoms with Crippen LogP contribution < -0.4 is 5.73 Å². The molecule has 0 aliphatic carbocycles. The van der Waals surface area contributed by atoms with Gasteiger partial charge in [-0.3, -0.25) is 0 Å². The molecule has 3 N–H and O–H groups in total. The number of anilines is 1. The number of aromatic nitrogens is 2. The van der Waals surface area contributed by atoms with E-state index in [1.807, 2.05) is 6.07 Å². The second kappa shape index (κ2) is 3.67. The van der Waals surface area contributed by atoms with Gasteiger partial charge in [-0.05, 0) is 17.5 Å². The van der Waals surface area contributed by atoms with Crippen LogP contribution in [-0.2, 0) is 6.42 Å². The van der Waals surface area contributed by atoms with E-state index in [0.29, 0.717) is 10.7 Å². The van der Waals surface area contributed by atoms with Gasteiger partial charge >= 0.3 is 0 Å². The summed E-state index contributed by atoms with van der Waals surface area (Å²) < 4.78 is 0. The molecule has 0 bridgehead atoms. The number of fused-ring (bicyclic) bond motifs is 1. The lowest BCUT2D eigenvalue weighted by atomic mass is 9.92. The van der Waals surface area contributed by atoms with Crippen molar-refractivity contribution in [2.24, 2.45) is 5.41 Å². The molecule has 1 aromatic heterocycles. The first-order valence-corrected chi connectivity index (χ1v) is 5.66. The third kappa shape index (κ3) is 2.30. The molecule has 0 amide bonds. The first-order valence-electron chi connectivity index (χ1n) is 5.29. The summed E-state index contributed by atoms with van der Waals surface area (Å²) in [5, 5.41) is 0.635. The molecule has 0 spiro atoms. The molecule has 3 nitrogen and oxygen atoms in total. The summed E-state index contributed by atoms with van der Waals surface area (Å²) in [6, 6.07) is 3.58. The normalized spacial score (nSPS) is 12.2. The van der Waals surface area contributed by atoms with Crippen LogP contribution in [0.5, 0.6) is 0 Å². The number of nitrogens with zero attached hydrogens (tertiary/aromatic N) is 1. The Labute approximate surface area is 100 Å². The van der Waals surface area contributed by atoms with E-state index in [1.165, 1.54) is 0 Å². The zero-order valence-electron chi connectivity index (χ0n) is 9.76. The van der Waals surface area contributed by atoms with Crippen LogP contribution in [0, 0.1) is 5.41 Å². The summed E-state index contributed by atoms with van der Waals surface area (Å²) in [6.45, 7) is 6.53. The molecule has 2 rings (SSSR count). The molecule has 1 heterocycles. The van der Waals surface area contributed by atoms with E-state index >= 15 is 0 Å². The van der Waals surface area contributed by atoms with Gasteiger partial charge in [0.2, 0.25) is 0 Å². The second-order valence-corrected chi connectivity index (χ2v) is 5.75. The van der Waals surface area contributed by atoms with Gasteiger partial charge in [0.25, 0.3) is 0 Å². The Morgan fingerprint density at radius 1 is 1.38 bits per heavy atom. The van der Waals surface area contributed by atoms with E-state index in [2.05, 4.69) is 30.7 Å². The van der Waals surface area contributed by atoms with Gasteiger partial charge in [-0.25, -0.2) is 4.98 Å². The van der Waals surface area contributed by atoms with E-state index in [1.54, 1.807) is 6.07 Å². The Kier molecular flexibility index (Phi) is 2.58. The predicted octanol–water partition coefficient (Wildman–Crippen LogP) is 3.39. The molecule has 0 aliphatic heterocycles. The minimum atomic E-state index is 0.201. The van der Waals surface area contributed by atoms with Gasteiger partial charge in [-0.1, -0.05) is 32.4 Å². The standard InChI is InChI=1S/C12H16ClN3/c1-12(2,3)6-10-15-9-5-7(13)4-8(14)11(9)16-10/h4-5H,6,14H2,1-3H3,(H,15,16). The fraction of sp³-hybridized carbons (Fsp3) is 0.417. The molecule has 2 aromatic rings. The van der Waals surface area contributed by atoms with E-state index in [0.717, 1.165) is 23.3 Å². The lowest BCUT2D eigenvalue weighted by Gasteiger charge is -2.15. The number of aromatic amines is 1. The van der Waals surface area contributed by atoms with Crippen molar-refractivity contribution in [3.8, 4) is 0 Å². The molecule has 4 heteroatoms. The fourth-order valence-electron chi connectivity index (χ4n) is 1.74. The molecule has 0 saturated heterocycles. The first kappa shape index (κ1) is 11.3. The number of nitrogens with two attached hydrogens (primary N) is 1. The summed E-state index contributed by atoms with van der Waals surface area (Å²) in [6.07, 6.45) is 0.888. The maximum absolute atomic E-state index is 5.94. The maximum Gasteiger partial charge on any atom is 0.112 e. The summed E-state index contributed by atoms with van der Waals surface area (Å²) in [7, 11) is 0. The van der Waals surface area contributed by atoms with Crippen molar-refractivity contribution in [1.29, 1.82) is 0 Å². The largest absolute Gasteiger partial charge is 0.397 e. The van der Waals surface area contributed by atoms with Crippen molar-refractivity contribution in [1.82, 2.24) is 9.97 Å². The molecule has 1 aromatic carbocycles. The Balaban J connectivity index is 2.48. The monoisotopic (exact) mass is 237 g/mol. The predicted molar refractivity (Wildman–Crippen MR) is 68.7 cm³/mol. The molecule has 0 atom stereocenters. The maximum atomic E-state index is 5.94. The third-order valence-electron chi connectivity index (χ3n) is 2.33. The number of nitrogen functional groups attached to an aromatic ring is 1. The summed E-state index contributed by atoms with van der Waals surface area (Å²) in [5.41, 5.74) is 8.41. The molecule has 0 fully saturated rings. The van der Waals surface area contributed by atoms with Crippen LogP contribution in [0.4, 0.5) is 5.69 Å². The van der Waals surface area contributed by atoms with Gasteiger partial charge in [-0.15, -0.1) is 0 Å². The highest BCUT2D eigenvalue weighted by Crippen LogP contribution is 2.26. The van der Waals surface area contributed by atoms with Crippen molar-refractivity contribution in [3.05, 3.63) is 23.0 Å². The van der Waals surface area contributed by atoms with E-state index in [9.17, 15) is 0 Å². The van der Waals surface area contributed by atoms with Gasteiger partial charge in [-0.2, -0.15) is 0 Å². The Morgan fingerprint density at radius 3 is 2.69 bits per heavy atom. The van der Waals surface area contributed by atoms with Crippen LogP contribution in [0.15, 0.2) is 12.1 Å². The minimum Gasteiger partial charge on any atom is -0.397 e. The zero-order valence-corrected chi connectivity index (χ0v) is 10.5. The number of benzene rings is 1. The van der Waals surface area contributed by atoms with Crippen LogP contribution in [-0.4, -0.2) is 9.97 Å². The smallest absolute Gasteiger partial charge is 0.112 e. The van der Waals surface area contributed by atoms with Gasteiger partial charge in [0.05, 0.1) is 11.2 Å². The van der Waals surface area contributed by atoms with Gasteiger partial charge in [0.1, 0.15) is 11.3 Å². The average molecular weight is 238 g/mol. The van der Waals surface area contributed by atoms with Crippen LogP contribution in [0.3, 0.4) is 0 Å². The van der Waals surface area contributed by atoms with Gasteiger partial charge in [0.15, 0.2) is 0 Å². The third-order valence-corrected chi connectivity index (χ3v) is 2.55. The Bertz CT molecular complexity index is 523. The number of halogens is 1. The van der Waals surface area contributed by atoms with Crippen LogP contribution in [0.1, 0.15) is 26.6 Å². The Hall–Kier alpha value is -1.22. The van der Waals surface area contributed by atoms with E-state index in [4.69, 9.17) is 17.3 Å². The van der Waals surface area contributed by atoms with Crippen LogP contribution >= 0.6 is 11.6 Å². The van der Waals surface area contributed by atoms with E-state index < -0.39 is 0 Å². The Morgan fingerprint density at radius 2 is 2.06 bits per heavy atom. The summed E-state index contributed by atoms with van der Waals surface area (Å²) in [4.78, 5) is 7.76. The summed E-state index contributed by atoms with van der Waals surface area (Å²) in [5.74, 6) is 0.955. The fourth-order valence-corrected chi connectivity index (χ4v) is 1.97. The van der Waals surface area contributed by atoms with Crippen molar-refractivity contribution in [2.45, 2.75) is 27.2 Å². The number of hydrogen-bond donors (Lipinski definition) is 2. The lowest BCUT2D eigenvalue weighted by Crippen LogP contribution is -2.10. The molecule has 0 unspecified atom stereocenters. The number of H-pyrrole nitrogens is 1. The van der Waals surface area contributed by atoms with Crippen LogP contribution in [0.25, 0.3) is 11.0 Å². The highest BCUT2D eigenvalue weighted by molar-refractivity contribution is 6.31. The number of imidazole rings is 1. The van der Waals surface area contributed by atoms with Crippen molar-refractivity contribution in [2.75, 3.05) is 5.73 Å². The van der Waals surface area contributed by atoms with Crippen molar-refractivity contribution in [3.63, 3.8) is 0 Å². The van der Waals surface area contributed by atoms with E-state index in [-0.39, 0.29) is 5.41 Å². The second-order valence-electron chi connectivity index (χ2n) is 5.31. The molecule has 16 heavy (non-hydrogen) atoms. The zero-order chi connectivity index (χ0) is 11.9. The molecular formula is C12H16ClN3. The van der Waals surface area contributed by atoms with Gasteiger partial charge in [0, 0.05) is 11.4 Å². The first-order chi connectivity index (χ1) is 7.35. The van der Waals surface area contributed by atoms with Crippen LogP contribution in [0.2, 0.25) is 5.02 Å². The molecule has 0 aliphatic rings. The highest BCUT2D eigenvalue weighted by Gasteiger charge is 2.15. The number of rotatable bonds is 1. The molecule has 0 radical (unpaired) electrons. The van der Waals surface area contributed by atoms with Crippen molar-refractivity contribution >= 4 is 28.3 Å². The number of nitrogens with one attached hydrogen (secondary N) is 1. The molecule has 0 saturated carbocycles. The minimum absolute atomic E-state index is 0.201. The average Bonchev–Trinajstić information content (AvgIpc) is 2.43. The SMILES string of the molecule is CC(C)(C)Cc1nc2c(N)cc(Cl)cc2[nH]1. The topological polar surface area (TPSA) is 54.7 Å². The highest BCUT2D eigenvalue weighted by atomic mass is 35.5. The van der Waals surface area contributed by atoms with Crippen molar-refractivity contribution < 1.29 is 0 Å². The molecular weight excluding hydrogens is 222 g/mol.